The minimum Gasteiger partial charge on any atom is -0.207 e. The van der Waals surface area contributed by atoms with Crippen molar-refractivity contribution in [1.82, 2.24) is 4.31 Å². The molecule has 0 saturated carbocycles. The van der Waals surface area contributed by atoms with Crippen LogP contribution in [0.25, 0.3) is 0 Å². The highest BCUT2D eigenvalue weighted by atomic mass is 32.2. The van der Waals surface area contributed by atoms with Crippen LogP contribution in [0.4, 0.5) is 4.39 Å². The first-order valence-electron chi connectivity index (χ1n) is 7.96. The summed E-state index contributed by atoms with van der Waals surface area (Å²) in [6.45, 7) is 0.337. The minimum absolute atomic E-state index is 0.269. The molecule has 6 heteroatoms. The Labute approximate surface area is 150 Å². The van der Waals surface area contributed by atoms with E-state index >= 15 is 0 Å². The molecular formula is C19H16FNO2S2. The van der Waals surface area contributed by atoms with E-state index in [1.54, 1.807) is 17.4 Å². The van der Waals surface area contributed by atoms with Gasteiger partial charge in [-0.25, -0.2) is 12.8 Å². The highest BCUT2D eigenvalue weighted by Gasteiger charge is 2.38. The Morgan fingerprint density at radius 1 is 1.00 bits per heavy atom. The van der Waals surface area contributed by atoms with Crippen LogP contribution in [0, 0.1) is 5.82 Å². The molecule has 0 N–H and O–H groups in total. The molecule has 0 radical (unpaired) electrons. The van der Waals surface area contributed by atoms with Gasteiger partial charge in [-0.2, -0.15) is 4.31 Å². The van der Waals surface area contributed by atoms with E-state index in [0.717, 1.165) is 11.1 Å². The Hall–Kier alpha value is -2.02. The van der Waals surface area contributed by atoms with Crippen molar-refractivity contribution >= 4 is 21.4 Å². The van der Waals surface area contributed by atoms with Crippen molar-refractivity contribution < 1.29 is 12.8 Å². The maximum atomic E-state index is 14.2. The largest absolute Gasteiger partial charge is 0.246 e. The zero-order valence-electron chi connectivity index (χ0n) is 13.3. The van der Waals surface area contributed by atoms with Gasteiger partial charge in [0.05, 0.1) is 6.04 Å². The molecule has 25 heavy (non-hydrogen) atoms. The van der Waals surface area contributed by atoms with Crippen LogP contribution in [0.1, 0.15) is 22.0 Å². The third kappa shape index (κ3) is 2.80. The average molecular weight is 373 g/mol. The molecule has 1 aliphatic rings. The van der Waals surface area contributed by atoms with E-state index in [4.69, 9.17) is 0 Å². The molecule has 0 unspecified atom stereocenters. The number of nitrogens with zero attached hydrogens (tertiary/aromatic N) is 1. The Morgan fingerprint density at radius 2 is 1.72 bits per heavy atom. The summed E-state index contributed by atoms with van der Waals surface area (Å²) in [4.78, 5) is 0.920. The number of thiophene rings is 1. The van der Waals surface area contributed by atoms with Gasteiger partial charge in [-0.05, 0) is 41.1 Å². The number of benzene rings is 2. The molecule has 128 valence electrons. The Kier molecular flexibility index (Phi) is 4.19. The molecule has 0 saturated heterocycles. The summed E-state index contributed by atoms with van der Waals surface area (Å²) in [7, 11) is -3.95. The third-order valence-electron chi connectivity index (χ3n) is 4.46. The lowest BCUT2D eigenvalue weighted by atomic mass is 9.95. The van der Waals surface area contributed by atoms with E-state index in [-0.39, 0.29) is 4.90 Å². The van der Waals surface area contributed by atoms with Crippen molar-refractivity contribution in [2.24, 2.45) is 0 Å². The van der Waals surface area contributed by atoms with Crippen LogP contribution in [-0.2, 0) is 16.4 Å². The maximum absolute atomic E-state index is 14.2. The third-order valence-corrected chi connectivity index (χ3v) is 7.35. The number of hydrogen-bond acceptors (Lipinski definition) is 3. The second-order valence-electron chi connectivity index (χ2n) is 5.91. The molecule has 0 bridgehead atoms. The normalized spacial score (nSPS) is 18.0. The van der Waals surface area contributed by atoms with Gasteiger partial charge in [0.25, 0.3) is 0 Å². The molecule has 2 heterocycles. The van der Waals surface area contributed by atoms with Gasteiger partial charge < -0.3 is 0 Å². The first kappa shape index (κ1) is 16.4. The van der Waals surface area contributed by atoms with Gasteiger partial charge in [0.15, 0.2) is 0 Å². The minimum atomic E-state index is -3.95. The Bertz CT molecular complexity index is 999. The van der Waals surface area contributed by atoms with Crippen LogP contribution in [0.5, 0.6) is 0 Å². The van der Waals surface area contributed by atoms with E-state index in [0.29, 0.717) is 13.0 Å². The molecule has 1 aliphatic heterocycles. The smallest absolute Gasteiger partial charge is 0.207 e. The zero-order valence-corrected chi connectivity index (χ0v) is 14.9. The number of rotatable bonds is 3. The van der Waals surface area contributed by atoms with Crippen LogP contribution < -0.4 is 0 Å². The van der Waals surface area contributed by atoms with E-state index in [2.05, 4.69) is 0 Å². The summed E-state index contributed by atoms with van der Waals surface area (Å²) >= 11 is 1.64. The van der Waals surface area contributed by atoms with Crippen molar-refractivity contribution in [3.63, 3.8) is 0 Å². The molecule has 0 fully saturated rings. The predicted molar refractivity (Wildman–Crippen MR) is 96.6 cm³/mol. The fourth-order valence-electron chi connectivity index (χ4n) is 3.31. The molecule has 2 aromatic carbocycles. The number of fused-ring (bicyclic) bond motifs is 1. The van der Waals surface area contributed by atoms with Crippen molar-refractivity contribution in [3.05, 3.63) is 87.9 Å². The van der Waals surface area contributed by atoms with Gasteiger partial charge >= 0.3 is 0 Å². The monoisotopic (exact) mass is 373 g/mol. The Morgan fingerprint density at radius 3 is 2.48 bits per heavy atom. The molecule has 1 atom stereocenters. The van der Waals surface area contributed by atoms with Crippen molar-refractivity contribution in [3.8, 4) is 0 Å². The van der Waals surface area contributed by atoms with Crippen molar-refractivity contribution in [2.75, 3.05) is 6.54 Å². The average Bonchev–Trinajstić information content (AvgIpc) is 3.10. The van der Waals surface area contributed by atoms with Gasteiger partial charge in [0, 0.05) is 11.4 Å². The Balaban J connectivity index is 1.87. The first-order chi connectivity index (χ1) is 12.1. The molecular weight excluding hydrogens is 357 g/mol. The quantitative estimate of drug-likeness (QED) is 0.689. The van der Waals surface area contributed by atoms with Crippen LogP contribution in [0.3, 0.4) is 0 Å². The van der Waals surface area contributed by atoms with Crippen LogP contribution in [0.2, 0.25) is 0 Å². The van der Waals surface area contributed by atoms with Crippen LogP contribution in [-0.4, -0.2) is 19.3 Å². The molecule has 4 rings (SSSR count). The second kappa shape index (κ2) is 6.37. The summed E-state index contributed by atoms with van der Waals surface area (Å²) < 4.78 is 42.1. The molecule has 1 aromatic heterocycles. The lowest BCUT2D eigenvalue weighted by molar-refractivity contribution is 0.345. The number of hydrogen-bond donors (Lipinski definition) is 0. The highest BCUT2D eigenvalue weighted by Crippen LogP contribution is 2.40. The predicted octanol–water partition coefficient (Wildman–Crippen LogP) is 4.22. The lowest BCUT2D eigenvalue weighted by Gasteiger charge is -2.35. The molecule has 0 aliphatic carbocycles. The SMILES string of the molecule is O=S(=O)(c1ccccc1F)N1CCc2sccc2[C@H]1c1ccccc1. The van der Waals surface area contributed by atoms with Gasteiger partial charge in [-0.15, -0.1) is 11.3 Å². The van der Waals surface area contributed by atoms with Gasteiger partial charge in [-0.3, -0.25) is 0 Å². The number of halogens is 1. The van der Waals surface area contributed by atoms with E-state index in [1.807, 2.05) is 41.8 Å². The van der Waals surface area contributed by atoms with Crippen molar-refractivity contribution in [2.45, 2.75) is 17.4 Å². The first-order valence-corrected chi connectivity index (χ1v) is 10.3. The van der Waals surface area contributed by atoms with Gasteiger partial charge in [0.2, 0.25) is 10.0 Å². The molecule has 3 aromatic rings. The molecule has 0 spiro atoms. The van der Waals surface area contributed by atoms with Gasteiger partial charge in [0.1, 0.15) is 10.7 Å². The summed E-state index contributed by atoms with van der Waals surface area (Å²) in [6, 6.07) is 16.6. The topological polar surface area (TPSA) is 37.4 Å². The van der Waals surface area contributed by atoms with E-state index in [1.165, 1.54) is 27.4 Å². The fourth-order valence-corrected chi connectivity index (χ4v) is 5.88. The van der Waals surface area contributed by atoms with Crippen molar-refractivity contribution in [1.29, 1.82) is 0 Å². The van der Waals surface area contributed by atoms with E-state index in [9.17, 15) is 12.8 Å². The summed E-state index contributed by atoms with van der Waals surface area (Å²) in [6.07, 6.45) is 0.643. The fraction of sp³-hybridized carbons (Fsp3) is 0.158. The maximum Gasteiger partial charge on any atom is 0.246 e. The van der Waals surface area contributed by atoms with Crippen LogP contribution >= 0.6 is 11.3 Å². The lowest BCUT2D eigenvalue weighted by Crippen LogP contribution is -2.40. The zero-order chi connectivity index (χ0) is 17.4. The van der Waals surface area contributed by atoms with Crippen LogP contribution in [0.15, 0.2) is 70.9 Å². The summed E-state index contributed by atoms with van der Waals surface area (Å²) in [5, 5.41) is 1.99. The molecule has 3 nitrogen and oxygen atoms in total. The van der Waals surface area contributed by atoms with E-state index < -0.39 is 21.9 Å². The highest BCUT2D eigenvalue weighted by molar-refractivity contribution is 7.89. The number of sulfonamides is 1. The van der Waals surface area contributed by atoms with Gasteiger partial charge in [-0.1, -0.05) is 42.5 Å². The summed E-state index contributed by atoms with van der Waals surface area (Å²) in [5.74, 6) is -0.717. The molecule has 0 amide bonds. The second-order valence-corrected chi connectivity index (χ2v) is 8.77. The standard InChI is InChI=1S/C19H16FNO2S2/c20-16-8-4-5-9-18(16)25(22,23)21-12-10-17-15(11-13-24-17)19(21)14-6-2-1-3-7-14/h1-9,11,13,19H,10,12H2/t19-/m1/s1. The summed E-state index contributed by atoms with van der Waals surface area (Å²) in [5.41, 5.74) is 1.88.